The van der Waals surface area contributed by atoms with Gasteiger partial charge in [0.25, 0.3) is 0 Å². The van der Waals surface area contributed by atoms with E-state index < -0.39 is 17.7 Å². The van der Waals surface area contributed by atoms with E-state index in [1.165, 1.54) is 0 Å². The summed E-state index contributed by atoms with van der Waals surface area (Å²) in [5, 5.41) is 0. The highest BCUT2D eigenvalue weighted by Gasteiger charge is 2.23. The van der Waals surface area contributed by atoms with Gasteiger partial charge >= 0.3 is 0 Å². The van der Waals surface area contributed by atoms with Crippen molar-refractivity contribution in [3.63, 3.8) is 0 Å². The summed E-state index contributed by atoms with van der Waals surface area (Å²) in [6.45, 7) is 0.372. The zero-order chi connectivity index (χ0) is 10.8. The van der Waals surface area contributed by atoms with Crippen molar-refractivity contribution in [2.75, 3.05) is 6.54 Å². The number of hydrogen-bond donors (Lipinski definition) is 3. The van der Waals surface area contributed by atoms with Crippen LogP contribution in [-0.4, -0.2) is 18.4 Å². The van der Waals surface area contributed by atoms with Gasteiger partial charge in [-0.15, -0.1) is 0 Å². The monoisotopic (exact) mass is 213 g/mol. The van der Waals surface area contributed by atoms with Crippen molar-refractivity contribution in [2.24, 2.45) is 0 Å². The molecule has 0 spiro atoms. The molecule has 80 valence electrons. The average molecular weight is 213 g/mol. The number of benzene rings is 1. The van der Waals surface area contributed by atoms with Gasteiger partial charge in [-0.1, -0.05) is 0 Å². The van der Waals surface area contributed by atoms with Gasteiger partial charge in [0.05, 0.1) is 6.04 Å². The van der Waals surface area contributed by atoms with Gasteiger partial charge in [-0.2, -0.15) is 5.53 Å². The van der Waals surface area contributed by atoms with E-state index in [1.807, 2.05) is 0 Å². The normalized spacial score (nSPS) is 20.5. The molecule has 1 aliphatic heterocycles. The first kappa shape index (κ1) is 10.2. The fourth-order valence-corrected chi connectivity index (χ4v) is 1.40. The molecule has 1 atom stereocenters. The van der Waals surface area contributed by atoms with Crippen LogP contribution in [0.15, 0.2) is 18.2 Å². The Morgan fingerprint density at radius 1 is 1.27 bits per heavy atom. The van der Waals surface area contributed by atoms with Gasteiger partial charge in [-0.3, -0.25) is 4.79 Å². The van der Waals surface area contributed by atoms with Crippen molar-refractivity contribution in [3.05, 3.63) is 35.4 Å². The molecule has 3 N–H and O–H groups in total. The Morgan fingerprint density at radius 2 is 1.93 bits per heavy atom. The third kappa shape index (κ3) is 2.17. The van der Waals surface area contributed by atoms with E-state index in [4.69, 9.17) is 0 Å². The molecule has 15 heavy (non-hydrogen) atoms. The summed E-state index contributed by atoms with van der Waals surface area (Å²) in [5.41, 5.74) is 7.89. The molecule has 1 unspecified atom stereocenters. The van der Waals surface area contributed by atoms with Gasteiger partial charge in [0, 0.05) is 18.2 Å². The van der Waals surface area contributed by atoms with E-state index in [1.54, 1.807) is 0 Å². The number of Topliss-reactive ketones (excluding diaryl/α,β-unsaturated/α-hetero) is 1. The van der Waals surface area contributed by atoms with Crippen molar-refractivity contribution in [2.45, 2.75) is 6.04 Å². The Labute approximate surface area is 84.6 Å². The Balaban J connectivity index is 2.24. The molecule has 6 heteroatoms. The van der Waals surface area contributed by atoms with Gasteiger partial charge < -0.3 is 0 Å². The van der Waals surface area contributed by atoms with Crippen LogP contribution in [-0.2, 0) is 0 Å². The molecule has 0 bridgehead atoms. The van der Waals surface area contributed by atoms with Crippen LogP contribution < -0.4 is 16.4 Å². The minimum absolute atomic E-state index is 0.0236. The van der Waals surface area contributed by atoms with Gasteiger partial charge in [-0.25, -0.2) is 19.6 Å². The molecule has 0 radical (unpaired) electrons. The van der Waals surface area contributed by atoms with E-state index >= 15 is 0 Å². The topological polar surface area (TPSA) is 53.2 Å². The van der Waals surface area contributed by atoms with Crippen LogP contribution in [0.5, 0.6) is 0 Å². The SMILES string of the molecule is O=C(c1cc(F)cc(F)c1)C1CNNN1. The minimum atomic E-state index is -0.753. The first-order chi connectivity index (χ1) is 7.16. The highest BCUT2D eigenvalue weighted by molar-refractivity contribution is 6.00. The largest absolute Gasteiger partial charge is 0.292 e. The maximum atomic E-state index is 12.8. The van der Waals surface area contributed by atoms with E-state index in [0.717, 1.165) is 18.2 Å². The lowest BCUT2D eigenvalue weighted by molar-refractivity contribution is 0.0953. The lowest BCUT2D eigenvalue weighted by Crippen LogP contribution is -2.38. The summed E-state index contributed by atoms with van der Waals surface area (Å²) in [4.78, 5) is 11.7. The number of hydrazine groups is 2. The molecular formula is C9H9F2N3O. The number of rotatable bonds is 2. The highest BCUT2D eigenvalue weighted by atomic mass is 19.1. The fourth-order valence-electron chi connectivity index (χ4n) is 1.40. The fraction of sp³-hybridized carbons (Fsp3) is 0.222. The summed E-state index contributed by atoms with van der Waals surface area (Å²) in [6.07, 6.45) is 0. The Morgan fingerprint density at radius 3 is 2.47 bits per heavy atom. The molecule has 1 aromatic carbocycles. The number of carbonyl (C=O) groups excluding carboxylic acids is 1. The van der Waals surface area contributed by atoms with E-state index in [-0.39, 0.29) is 11.3 Å². The van der Waals surface area contributed by atoms with Crippen molar-refractivity contribution < 1.29 is 13.6 Å². The highest BCUT2D eigenvalue weighted by Crippen LogP contribution is 2.10. The number of ketones is 1. The van der Waals surface area contributed by atoms with Crippen molar-refractivity contribution >= 4 is 5.78 Å². The van der Waals surface area contributed by atoms with Gasteiger partial charge in [0.2, 0.25) is 0 Å². The van der Waals surface area contributed by atoms with E-state index in [2.05, 4.69) is 16.4 Å². The molecule has 0 aromatic heterocycles. The van der Waals surface area contributed by atoms with Crippen LogP contribution in [0.1, 0.15) is 10.4 Å². The summed E-state index contributed by atoms with van der Waals surface area (Å²) in [5.74, 6) is -1.86. The quantitative estimate of drug-likeness (QED) is 0.611. The van der Waals surface area contributed by atoms with E-state index in [9.17, 15) is 13.6 Å². The molecule has 1 fully saturated rings. The molecular weight excluding hydrogens is 204 g/mol. The van der Waals surface area contributed by atoms with Crippen molar-refractivity contribution in [1.29, 1.82) is 0 Å². The molecule has 1 aromatic rings. The van der Waals surface area contributed by atoms with Crippen LogP contribution in [0.25, 0.3) is 0 Å². The molecule has 1 saturated heterocycles. The third-order valence-corrected chi connectivity index (χ3v) is 2.10. The predicted octanol–water partition coefficient (Wildman–Crippen LogP) is 0.129. The lowest BCUT2D eigenvalue weighted by atomic mass is 10.0. The van der Waals surface area contributed by atoms with Crippen LogP contribution in [0.4, 0.5) is 8.78 Å². The number of carbonyl (C=O) groups is 1. The molecule has 1 aliphatic rings. The lowest BCUT2D eigenvalue weighted by Gasteiger charge is -2.07. The second-order valence-electron chi connectivity index (χ2n) is 3.23. The Hall–Kier alpha value is -1.37. The predicted molar refractivity (Wildman–Crippen MR) is 48.8 cm³/mol. The van der Waals surface area contributed by atoms with Crippen LogP contribution >= 0.6 is 0 Å². The zero-order valence-electron chi connectivity index (χ0n) is 7.68. The van der Waals surface area contributed by atoms with Crippen LogP contribution in [0, 0.1) is 11.6 Å². The second-order valence-corrected chi connectivity index (χ2v) is 3.23. The second kappa shape index (κ2) is 4.01. The summed E-state index contributed by atoms with van der Waals surface area (Å²) in [6, 6.07) is 2.26. The van der Waals surface area contributed by atoms with Crippen molar-refractivity contribution in [3.8, 4) is 0 Å². The van der Waals surface area contributed by atoms with Crippen molar-refractivity contribution in [1.82, 2.24) is 16.4 Å². The summed E-state index contributed by atoms with van der Waals surface area (Å²) in [7, 11) is 0. The number of hydrogen-bond acceptors (Lipinski definition) is 4. The first-order valence-electron chi connectivity index (χ1n) is 4.40. The van der Waals surface area contributed by atoms with Gasteiger partial charge in [0.1, 0.15) is 11.6 Å². The third-order valence-electron chi connectivity index (χ3n) is 2.10. The number of nitrogens with one attached hydrogen (secondary N) is 3. The summed E-state index contributed by atoms with van der Waals surface area (Å²) < 4.78 is 25.7. The molecule has 0 amide bonds. The van der Waals surface area contributed by atoms with Gasteiger partial charge in [-0.05, 0) is 12.1 Å². The van der Waals surface area contributed by atoms with Crippen LogP contribution in [0.3, 0.4) is 0 Å². The number of halogens is 2. The smallest absolute Gasteiger partial charge is 0.182 e. The van der Waals surface area contributed by atoms with E-state index in [0.29, 0.717) is 6.54 Å². The molecule has 2 rings (SSSR count). The Bertz CT molecular complexity index is 371. The maximum absolute atomic E-state index is 12.8. The van der Waals surface area contributed by atoms with Crippen LogP contribution in [0.2, 0.25) is 0 Å². The Kier molecular flexibility index (Phi) is 2.72. The molecule has 4 nitrogen and oxygen atoms in total. The maximum Gasteiger partial charge on any atom is 0.182 e. The average Bonchev–Trinajstić information content (AvgIpc) is 2.67. The standard InChI is InChI=1S/C9H9F2N3O/c10-6-1-5(2-7(11)3-6)9(15)8-4-12-14-13-8/h1-3,8,12-14H,4H2. The molecule has 1 heterocycles. The molecule has 0 saturated carbocycles. The van der Waals surface area contributed by atoms with Gasteiger partial charge in [0.15, 0.2) is 5.78 Å². The first-order valence-corrected chi connectivity index (χ1v) is 4.40. The summed E-state index contributed by atoms with van der Waals surface area (Å²) >= 11 is 0. The minimum Gasteiger partial charge on any atom is -0.292 e. The molecule has 0 aliphatic carbocycles. The zero-order valence-corrected chi connectivity index (χ0v) is 7.68.